The van der Waals surface area contributed by atoms with Gasteiger partial charge < -0.3 is 15.4 Å². The monoisotopic (exact) mass is 270 g/mol. The van der Waals surface area contributed by atoms with Crippen LogP contribution in [0.3, 0.4) is 0 Å². The van der Waals surface area contributed by atoms with E-state index in [1.807, 2.05) is 35.2 Å². The number of amides is 1. The van der Waals surface area contributed by atoms with Gasteiger partial charge in [-0.1, -0.05) is 30.3 Å². The van der Waals surface area contributed by atoms with Crippen LogP contribution in [0.25, 0.3) is 0 Å². The minimum absolute atomic E-state index is 0. The van der Waals surface area contributed by atoms with E-state index in [9.17, 15) is 4.79 Å². The molecule has 1 heterocycles. The molecule has 1 aliphatic rings. The zero-order chi connectivity index (χ0) is 12.3. The van der Waals surface area contributed by atoms with Crippen molar-refractivity contribution in [3.05, 3.63) is 35.9 Å². The molecule has 1 aliphatic heterocycles. The Morgan fingerprint density at radius 1 is 1.44 bits per heavy atom. The lowest BCUT2D eigenvalue weighted by atomic mass is 10.0. The van der Waals surface area contributed by atoms with Crippen LogP contribution in [0.2, 0.25) is 0 Å². The van der Waals surface area contributed by atoms with Crippen molar-refractivity contribution in [1.29, 1.82) is 0 Å². The Bertz CT molecular complexity index is 384. The van der Waals surface area contributed by atoms with Crippen LogP contribution >= 0.6 is 12.4 Å². The molecule has 100 valence electrons. The molecule has 2 atom stereocenters. The second kappa shape index (κ2) is 6.73. The van der Waals surface area contributed by atoms with Gasteiger partial charge in [-0.15, -0.1) is 12.4 Å². The van der Waals surface area contributed by atoms with Crippen LogP contribution in [0, 0.1) is 0 Å². The normalized spacial score (nSPS) is 21.0. The highest BCUT2D eigenvalue weighted by atomic mass is 35.5. The van der Waals surface area contributed by atoms with Gasteiger partial charge in [0, 0.05) is 6.54 Å². The molecular formula is C13H19ClN2O2. The number of nitrogens with zero attached hydrogens (tertiary/aromatic N) is 1. The molecule has 1 aromatic rings. The third-order valence-corrected chi connectivity index (χ3v) is 2.99. The molecule has 0 aromatic heterocycles. The fourth-order valence-electron chi connectivity index (χ4n) is 2.08. The largest absolute Gasteiger partial charge is 0.377 e. The molecule has 5 heteroatoms. The quantitative estimate of drug-likeness (QED) is 0.883. The van der Waals surface area contributed by atoms with Gasteiger partial charge in [0.1, 0.15) is 0 Å². The average Bonchev–Trinajstić information content (AvgIpc) is 2.39. The van der Waals surface area contributed by atoms with E-state index in [1.165, 1.54) is 0 Å². The number of carbonyl (C=O) groups is 1. The Morgan fingerprint density at radius 3 is 2.72 bits per heavy atom. The molecule has 1 aromatic carbocycles. The van der Waals surface area contributed by atoms with Gasteiger partial charge in [0.25, 0.3) is 0 Å². The summed E-state index contributed by atoms with van der Waals surface area (Å²) in [5.74, 6) is -0.0119. The van der Waals surface area contributed by atoms with E-state index >= 15 is 0 Å². The molecule has 0 spiro atoms. The fourth-order valence-corrected chi connectivity index (χ4v) is 2.08. The van der Waals surface area contributed by atoms with E-state index in [0.717, 1.165) is 5.56 Å². The summed E-state index contributed by atoms with van der Waals surface area (Å²) >= 11 is 0. The van der Waals surface area contributed by atoms with Crippen LogP contribution in [0.1, 0.15) is 18.5 Å². The lowest BCUT2D eigenvalue weighted by molar-refractivity contribution is -0.141. The highest BCUT2D eigenvalue weighted by Gasteiger charge is 2.29. The third kappa shape index (κ3) is 3.22. The van der Waals surface area contributed by atoms with Gasteiger partial charge in [0.15, 0.2) is 0 Å². The SMILES string of the molecule is C[C@@H](N)C(=O)N1CCOCC1c1ccccc1.Cl. The zero-order valence-corrected chi connectivity index (χ0v) is 11.2. The van der Waals surface area contributed by atoms with Crippen LogP contribution in [-0.4, -0.2) is 36.6 Å². The first kappa shape index (κ1) is 15.0. The zero-order valence-electron chi connectivity index (χ0n) is 10.4. The molecule has 1 unspecified atom stereocenters. The van der Waals surface area contributed by atoms with Gasteiger partial charge >= 0.3 is 0 Å². The number of halogens is 1. The first-order valence-electron chi connectivity index (χ1n) is 5.89. The standard InChI is InChI=1S/C13H18N2O2.ClH/c1-10(14)13(16)15-7-8-17-9-12(15)11-5-3-2-4-6-11;/h2-6,10,12H,7-9,14H2,1H3;1H/t10-,12?;/m1./s1. The molecule has 2 N–H and O–H groups in total. The van der Waals surface area contributed by atoms with E-state index < -0.39 is 6.04 Å². The number of ether oxygens (including phenoxy) is 1. The molecule has 1 saturated heterocycles. The number of rotatable bonds is 2. The summed E-state index contributed by atoms with van der Waals surface area (Å²) in [6, 6.07) is 9.46. The van der Waals surface area contributed by atoms with E-state index in [0.29, 0.717) is 19.8 Å². The maximum Gasteiger partial charge on any atom is 0.239 e. The highest BCUT2D eigenvalue weighted by Crippen LogP contribution is 2.24. The Balaban J connectivity index is 0.00000162. The lowest BCUT2D eigenvalue weighted by Crippen LogP contribution is -2.49. The molecule has 0 radical (unpaired) electrons. The number of carbonyl (C=O) groups excluding carboxylic acids is 1. The summed E-state index contributed by atoms with van der Waals surface area (Å²) < 4.78 is 5.46. The van der Waals surface area contributed by atoms with Crippen LogP contribution < -0.4 is 5.73 Å². The number of hydrogen-bond donors (Lipinski definition) is 1. The summed E-state index contributed by atoms with van der Waals surface area (Å²) in [5, 5.41) is 0. The molecule has 0 bridgehead atoms. The maximum absolute atomic E-state index is 12.0. The summed E-state index contributed by atoms with van der Waals surface area (Å²) in [5.41, 5.74) is 6.77. The fraction of sp³-hybridized carbons (Fsp3) is 0.462. The van der Waals surface area contributed by atoms with Crippen LogP contribution in [0.15, 0.2) is 30.3 Å². The Morgan fingerprint density at radius 2 is 2.11 bits per heavy atom. The molecule has 2 rings (SSSR count). The molecule has 1 amide bonds. The molecule has 18 heavy (non-hydrogen) atoms. The first-order valence-corrected chi connectivity index (χ1v) is 5.89. The summed E-state index contributed by atoms with van der Waals surface area (Å²) in [6.45, 7) is 3.46. The predicted octanol–water partition coefficient (Wildman–Crippen LogP) is 1.36. The highest BCUT2D eigenvalue weighted by molar-refractivity contribution is 5.85. The number of hydrogen-bond acceptors (Lipinski definition) is 3. The maximum atomic E-state index is 12.0. The van der Waals surface area contributed by atoms with Gasteiger partial charge in [-0.05, 0) is 12.5 Å². The summed E-state index contributed by atoms with van der Waals surface area (Å²) in [7, 11) is 0. The van der Waals surface area contributed by atoms with Crippen molar-refractivity contribution >= 4 is 18.3 Å². The van der Waals surface area contributed by atoms with Gasteiger partial charge in [-0.25, -0.2) is 0 Å². The smallest absolute Gasteiger partial charge is 0.239 e. The Hall–Kier alpha value is -1.10. The van der Waals surface area contributed by atoms with Crippen molar-refractivity contribution < 1.29 is 9.53 Å². The number of benzene rings is 1. The van der Waals surface area contributed by atoms with Gasteiger partial charge in [-0.2, -0.15) is 0 Å². The molecular weight excluding hydrogens is 252 g/mol. The lowest BCUT2D eigenvalue weighted by Gasteiger charge is -2.36. The van der Waals surface area contributed by atoms with Crippen LogP contribution in [0.5, 0.6) is 0 Å². The Kier molecular flexibility index (Phi) is 5.59. The predicted molar refractivity (Wildman–Crippen MR) is 72.6 cm³/mol. The van der Waals surface area contributed by atoms with Crippen molar-refractivity contribution in [2.24, 2.45) is 5.73 Å². The van der Waals surface area contributed by atoms with E-state index in [-0.39, 0.29) is 24.4 Å². The number of nitrogens with two attached hydrogens (primary N) is 1. The van der Waals surface area contributed by atoms with Crippen LogP contribution in [0.4, 0.5) is 0 Å². The summed E-state index contributed by atoms with van der Waals surface area (Å²) in [4.78, 5) is 13.8. The van der Waals surface area contributed by atoms with E-state index in [1.54, 1.807) is 6.92 Å². The van der Waals surface area contributed by atoms with Gasteiger partial charge in [-0.3, -0.25) is 4.79 Å². The topological polar surface area (TPSA) is 55.6 Å². The molecule has 0 saturated carbocycles. The summed E-state index contributed by atoms with van der Waals surface area (Å²) in [6.07, 6.45) is 0. The van der Waals surface area contributed by atoms with Gasteiger partial charge in [0.05, 0.1) is 25.3 Å². The third-order valence-electron chi connectivity index (χ3n) is 2.99. The Labute approximate surface area is 114 Å². The van der Waals surface area contributed by atoms with Crippen LogP contribution in [-0.2, 0) is 9.53 Å². The van der Waals surface area contributed by atoms with Gasteiger partial charge in [0.2, 0.25) is 5.91 Å². The molecule has 0 aliphatic carbocycles. The number of morpholine rings is 1. The van der Waals surface area contributed by atoms with E-state index in [4.69, 9.17) is 10.5 Å². The van der Waals surface area contributed by atoms with Crippen molar-refractivity contribution in [3.63, 3.8) is 0 Å². The minimum Gasteiger partial charge on any atom is -0.377 e. The van der Waals surface area contributed by atoms with E-state index in [2.05, 4.69) is 0 Å². The second-order valence-electron chi connectivity index (χ2n) is 4.32. The molecule has 1 fully saturated rings. The second-order valence-corrected chi connectivity index (χ2v) is 4.32. The van der Waals surface area contributed by atoms with Crippen molar-refractivity contribution in [1.82, 2.24) is 4.90 Å². The average molecular weight is 271 g/mol. The minimum atomic E-state index is -0.459. The molecule has 4 nitrogen and oxygen atoms in total. The first-order chi connectivity index (χ1) is 8.20. The van der Waals surface area contributed by atoms with Crippen molar-refractivity contribution in [2.45, 2.75) is 19.0 Å². The van der Waals surface area contributed by atoms with Crippen molar-refractivity contribution in [2.75, 3.05) is 19.8 Å². The van der Waals surface area contributed by atoms with Crippen molar-refractivity contribution in [3.8, 4) is 0 Å².